The average Bonchev–Trinajstić information content (AvgIpc) is 2.72. The predicted molar refractivity (Wildman–Crippen MR) is 111 cm³/mol. The van der Waals surface area contributed by atoms with Crippen molar-refractivity contribution in [3.05, 3.63) is 88.7 Å². The van der Waals surface area contributed by atoms with Gasteiger partial charge >= 0.3 is 0 Å². The fourth-order valence-electron chi connectivity index (χ4n) is 2.54. The maximum atomic E-state index is 13.5. The zero-order chi connectivity index (χ0) is 20.8. The number of anilines is 2. The van der Waals surface area contributed by atoms with Gasteiger partial charge in [-0.1, -0.05) is 29.8 Å². The molecule has 0 aliphatic heterocycles. The van der Waals surface area contributed by atoms with Crippen LogP contribution in [0.5, 0.6) is 5.75 Å². The maximum Gasteiger partial charge on any atom is 0.262 e. The van der Waals surface area contributed by atoms with E-state index < -0.39 is 11.7 Å². The second-order valence-corrected chi connectivity index (χ2v) is 6.61. The minimum atomic E-state index is -0.522. The van der Waals surface area contributed by atoms with Crippen LogP contribution in [0, 0.1) is 12.7 Å². The van der Waals surface area contributed by atoms with Gasteiger partial charge in [-0.3, -0.25) is 9.59 Å². The summed E-state index contributed by atoms with van der Waals surface area (Å²) >= 11 is 6.06. The highest BCUT2D eigenvalue weighted by Crippen LogP contribution is 2.23. The van der Waals surface area contributed by atoms with Crippen molar-refractivity contribution in [2.75, 3.05) is 17.2 Å². The van der Waals surface area contributed by atoms with E-state index in [0.717, 1.165) is 5.56 Å². The molecule has 0 aliphatic rings. The van der Waals surface area contributed by atoms with Crippen LogP contribution in [0.2, 0.25) is 5.02 Å². The van der Waals surface area contributed by atoms with Gasteiger partial charge in [0.05, 0.1) is 5.69 Å². The van der Waals surface area contributed by atoms with E-state index in [1.807, 2.05) is 6.92 Å². The highest BCUT2D eigenvalue weighted by Gasteiger charge is 2.10. The molecule has 5 nitrogen and oxygen atoms in total. The number of benzene rings is 3. The highest BCUT2D eigenvalue weighted by atomic mass is 35.5. The molecule has 0 heterocycles. The van der Waals surface area contributed by atoms with Gasteiger partial charge in [0.15, 0.2) is 6.61 Å². The summed E-state index contributed by atoms with van der Waals surface area (Å²) in [6.45, 7) is 1.53. The van der Waals surface area contributed by atoms with E-state index in [0.29, 0.717) is 22.0 Å². The molecule has 0 aliphatic carbocycles. The summed E-state index contributed by atoms with van der Waals surface area (Å²) in [6.07, 6.45) is 0. The van der Waals surface area contributed by atoms with Crippen LogP contribution in [0.1, 0.15) is 15.9 Å². The Bertz CT molecular complexity index is 1040. The minimum absolute atomic E-state index is 0.0874. The first-order chi connectivity index (χ1) is 13.9. The standard InChI is InChI=1S/C22H18ClFN2O3/c1-14-17(23)5-4-8-19(14)26-22(28)15-9-11-16(12-10-15)29-13-21(27)25-20-7-3-2-6-18(20)24/h2-12H,13H2,1H3,(H,25,27)(H,26,28). The molecule has 0 saturated carbocycles. The number of rotatable bonds is 6. The van der Waals surface area contributed by atoms with Crippen LogP contribution in [-0.4, -0.2) is 18.4 Å². The lowest BCUT2D eigenvalue weighted by atomic mass is 10.1. The number of hydrogen-bond donors (Lipinski definition) is 2. The molecule has 0 saturated heterocycles. The summed E-state index contributed by atoms with van der Waals surface area (Å²) in [6, 6.07) is 17.5. The van der Waals surface area contributed by atoms with E-state index in [2.05, 4.69) is 10.6 Å². The average molecular weight is 413 g/mol. The summed E-state index contributed by atoms with van der Waals surface area (Å²) in [7, 11) is 0. The Morgan fingerprint density at radius 2 is 1.62 bits per heavy atom. The molecule has 0 atom stereocenters. The zero-order valence-corrected chi connectivity index (χ0v) is 16.3. The van der Waals surface area contributed by atoms with Crippen molar-refractivity contribution in [3.8, 4) is 5.75 Å². The van der Waals surface area contributed by atoms with E-state index in [9.17, 15) is 14.0 Å². The van der Waals surface area contributed by atoms with Gasteiger partial charge < -0.3 is 15.4 Å². The Morgan fingerprint density at radius 1 is 0.931 bits per heavy atom. The lowest BCUT2D eigenvalue weighted by Crippen LogP contribution is -2.20. The summed E-state index contributed by atoms with van der Waals surface area (Å²) in [5.41, 5.74) is 1.92. The van der Waals surface area contributed by atoms with E-state index >= 15 is 0 Å². The van der Waals surface area contributed by atoms with Crippen LogP contribution < -0.4 is 15.4 Å². The SMILES string of the molecule is Cc1c(Cl)cccc1NC(=O)c1ccc(OCC(=O)Nc2ccccc2F)cc1. The van der Waals surface area contributed by atoms with Crippen molar-refractivity contribution >= 4 is 34.8 Å². The number of nitrogens with one attached hydrogen (secondary N) is 2. The molecule has 0 spiro atoms. The number of amides is 2. The molecule has 3 aromatic carbocycles. The topological polar surface area (TPSA) is 67.4 Å². The van der Waals surface area contributed by atoms with E-state index in [1.54, 1.807) is 48.5 Å². The Hall–Kier alpha value is -3.38. The highest BCUT2D eigenvalue weighted by molar-refractivity contribution is 6.31. The quantitative estimate of drug-likeness (QED) is 0.594. The number of para-hydroxylation sites is 1. The van der Waals surface area contributed by atoms with Crippen molar-refractivity contribution < 1.29 is 18.7 Å². The Labute approximate surface area is 172 Å². The van der Waals surface area contributed by atoms with Crippen molar-refractivity contribution in [1.29, 1.82) is 0 Å². The number of halogens is 2. The fraction of sp³-hybridized carbons (Fsp3) is 0.0909. The summed E-state index contributed by atoms with van der Waals surface area (Å²) in [5, 5.41) is 5.81. The zero-order valence-electron chi connectivity index (χ0n) is 15.5. The third kappa shape index (κ3) is 5.33. The molecule has 0 unspecified atom stereocenters. The third-order valence-electron chi connectivity index (χ3n) is 4.15. The molecular weight excluding hydrogens is 395 g/mol. The van der Waals surface area contributed by atoms with Crippen LogP contribution >= 0.6 is 11.6 Å². The van der Waals surface area contributed by atoms with Gasteiger partial charge in [-0.25, -0.2) is 4.39 Å². The number of carbonyl (C=O) groups excluding carboxylic acids is 2. The molecule has 0 aromatic heterocycles. The molecule has 0 bridgehead atoms. The number of hydrogen-bond acceptors (Lipinski definition) is 3. The monoisotopic (exact) mass is 412 g/mol. The molecule has 2 N–H and O–H groups in total. The van der Waals surface area contributed by atoms with Crippen LogP contribution in [-0.2, 0) is 4.79 Å². The molecular formula is C22H18ClFN2O3. The second-order valence-electron chi connectivity index (χ2n) is 6.21. The van der Waals surface area contributed by atoms with Crippen molar-refractivity contribution in [3.63, 3.8) is 0 Å². The lowest BCUT2D eigenvalue weighted by molar-refractivity contribution is -0.118. The van der Waals surface area contributed by atoms with Gasteiger partial charge in [-0.15, -0.1) is 0 Å². The van der Waals surface area contributed by atoms with Gasteiger partial charge in [0.1, 0.15) is 11.6 Å². The third-order valence-corrected chi connectivity index (χ3v) is 4.56. The first-order valence-corrected chi connectivity index (χ1v) is 9.15. The molecule has 3 rings (SSSR count). The van der Waals surface area contributed by atoms with Crippen molar-refractivity contribution in [1.82, 2.24) is 0 Å². The number of ether oxygens (including phenoxy) is 1. The minimum Gasteiger partial charge on any atom is -0.484 e. The van der Waals surface area contributed by atoms with Gasteiger partial charge in [0.25, 0.3) is 11.8 Å². The van der Waals surface area contributed by atoms with Crippen LogP contribution in [0.15, 0.2) is 66.7 Å². The van der Waals surface area contributed by atoms with Gasteiger partial charge in [-0.05, 0) is 61.0 Å². The Balaban J connectivity index is 1.56. The summed E-state index contributed by atoms with van der Waals surface area (Å²) < 4.78 is 18.9. The van der Waals surface area contributed by atoms with Crippen LogP contribution in [0.3, 0.4) is 0 Å². The first kappa shape index (κ1) is 20.4. The first-order valence-electron chi connectivity index (χ1n) is 8.78. The van der Waals surface area contributed by atoms with E-state index in [-0.39, 0.29) is 18.2 Å². The molecule has 2 amide bonds. The summed E-state index contributed by atoms with van der Waals surface area (Å²) in [5.74, 6) is -0.900. The van der Waals surface area contributed by atoms with Gasteiger partial charge in [0, 0.05) is 16.3 Å². The van der Waals surface area contributed by atoms with E-state index in [4.69, 9.17) is 16.3 Å². The molecule has 7 heteroatoms. The number of carbonyl (C=O) groups is 2. The molecule has 3 aromatic rings. The Morgan fingerprint density at radius 3 is 2.34 bits per heavy atom. The largest absolute Gasteiger partial charge is 0.484 e. The maximum absolute atomic E-state index is 13.5. The second kappa shape index (κ2) is 9.21. The molecule has 0 fully saturated rings. The van der Waals surface area contributed by atoms with Crippen LogP contribution in [0.25, 0.3) is 0 Å². The van der Waals surface area contributed by atoms with Crippen molar-refractivity contribution in [2.24, 2.45) is 0 Å². The normalized spacial score (nSPS) is 10.3. The molecule has 29 heavy (non-hydrogen) atoms. The van der Waals surface area contributed by atoms with Crippen molar-refractivity contribution in [2.45, 2.75) is 6.92 Å². The predicted octanol–water partition coefficient (Wildman–Crippen LogP) is 5.06. The van der Waals surface area contributed by atoms with Crippen LogP contribution in [0.4, 0.5) is 15.8 Å². The smallest absolute Gasteiger partial charge is 0.262 e. The summed E-state index contributed by atoms with van der Waals surface area (Å²) in [4.78, 5) is 24.3. The molecule has 0 radical (unpaired) electrons. The Kier molecular flexibility index (Phi) is 6.46. The lowest BCUT2D eigenvalue weighted by Gasteiger charge is -2.10. The molecule has 148 valence electrons. The van der Waals surface area contributed by atoms with Gasteiger partial charge in [0.2, 0.25) is 0 Å². The van der Waals surface area contributed by atoms with E-state index in [1.165, 1.54) is 18.2 Å². The fourth-order valence-corrected chi connectivity index (χ4v) is 2.71. The van der Waals surface area contributed by atoms with Gasteiger partial charge in [-0.2, -0.15) is 0 Å².